The minimum absolute atomic E-state index is 0. The number of rotatable bonds is 9. The van der Waals surface area contributed by atoms with Crippen LogP contribution in [0.5, 0.6) is 5.75 Å². The van der Waals surface area contributed by atoms with Gasteiger partial charge in [-0.15, -0.1) is 0 Å². The van der Waals surface area contributed by atoms with Crippen LogP contribution in [0.15, 0.2) is 24.4 Å². The number of nitrogens with one attached hydrogen (secondary N) is 1. The topological polar surface area (TPSA) is 57.7 Å². The van der Waals surface area contributed by atoms with Gasteiger partial charge in [0.15, 0.2) is 6.29 Å². The van der Waals surface area contributed by atoms with Crippen molar-refractivity contribution in [2.24, 2.45) is 5.92 Å². The second-order valence-electron chi connectivity index (χ2n) is 8.03. The van der Waals surface area contributed by atoms with E-state index in [-0.39, 0.29) is 27.0 Å². The minimum Gasteiger partial charge on any atom is -0.464 e. The first-order valence-electron chi connectivity index (χ1n) is 10.7. The molecule has 5 nitrogen and oxygen atoms in total. The first-order chi connectivity index (χ1) is 13.5. The molecule has 0 radical (unpaired) electrons. The fourth-order valence-corrected chi connectivity index (χ4v) is 4.07. The zero-order valence-corrected chi connectivity index (χ0v) is 19.9. The van der Waals surface area contributed by atoms with Crippen molar-refractivity contribution in [1.82, 2.24) is 9.88 Å². The Morgan fingerprint density at radius 3 is 2.66 bits per heavy atom. The molecular weight excluding hydrogens is 448 g/mol. The first-order valence-corrected chi connectivity index (χ1v) is 10.7. The van der Waals surface area contributed by atoms with Crippen molar-refractivity contribution in [3.05, 3.63) is 36.9 Å². The maximum absolute atomic E-state index is 9.97. The van der Waals surface area contributed by atoms with E-state index in [1.165, 1.54) is 18.4 Å². The van der Waals surface area contributed by atoms with Crippen LogP contribution >= 0.6 is 0 Å². The van der Waals surface area contributed by atoms with Gasteiger partial charge in [-0.3, -0.25) is 0 Å². The number of hydrogen-bond acceptors (Lipinski definition) is 4. The van der Waals surface area contributed by atoms with Crippen molar-refractivity contribution in [1.29, 1.82) is 0 Å². The Morgan fingerprint density at radius 1 is 1.24 bits per heavy atom. The molecule has 2 heterocycles. The molecular formula is C23H35MoN2O3-. The molecule has 1 aliphatic rings. The summed E-state index contributed by atoms with van der Waals surface area (Å²) in [4.78, 5) is 5.92. The van der Waals surface area contributed by atoms with Gasteiger partial charge in [0.2, 0.25) is 0 Å². The first kappa shape index (κ1) is 24.4. The van der Waals surface area contributed by atoms with Gasteiger partial charge >= 0.3 is 0 Å². The van der Waals surface area contributed by atoms with E-state index in [2.05, 4.69) is 42.9 Å². The molecule has 1 aromatic carbocycles. The SMILES string of the molecule is [CH2-][C@H]1O[C@H](Oc2cccc3[nH]cc(CCN(CCC)CCC)c23)[C@H](C)C[C@@H]1O.[Mo]. The van der Waals surface area contributed by atoms with E-state index in [1.807, 2.05) is 19.1 Å². The Bertz CT molecular complexity index is 745. The van der Waals surface area contributed by atoms with Crippen molar-refractivity contribution in [3.8, 4) is 5.75 Å². The summed E-state index contributed by atoms with van der Waals surface area (Å²) >= 11 is 0. The number of aromatic amines is 1. The van der Waals surface area contributed by atoms with Crippen molar-refractivity contribution >= 4 is 10.9 Å². The molecule has 1 saturated heterocycles. The fraction of sp³-hybridized carbons (Fsp3) is 0.609. The standard InChI is InChI=1S/C23H35N2O3.Mo/c1-5-11-25(12-6-2)13-10-18-15-24-19-8-7-9-21(22(18)19)28-23-16(3)14-20(26)17(4)27-23;/h7-9,15-17,20,23-24,26H,4-6,10-14H2,1-3H3;/q-1;/t16-,17-,20+,23-;/m1./s1. The zero-order valence-electron chi connectivity index (χ0n) is 17.9. The van der Waals surface area contributed by atoms with Gasteiger partial charge < -0.3 is 31.4 Å². The second kappa shape index (κ2) is 11.5. The quantitative estimate of drug-likeness (QED) is 0.416. The van der Waals surface area contributed by atoms with E-state index in [4.69, 9.17) is 9.47 Å². The van der Waals surface area contributed by atoms with Gasteiger partial charge in [0.25, 0.3) is 0 Å². The van der Waals surface area contributed by atoms with Crippen LogP contribution in [-0.2, 0) is 32.2 Å². The van der Waals surface area contributed by atoms with Crippen molar-refractivity contribution in [2.75, 3.05) is 19.6 Å². The Labute approximate surface area is 189 Å². The van der Waals surface area contributed by atoms with Crippen LogP contribution < -0.4 is 4.74 Å². The molecule has 0 bridgehead atoms. The molecule has 0 unspecified atom stereocenters. The number of benzene rings is 1. The molecule has 0 amide bonds. The van der Waals surface area contributed by atoms with Crippen molar-refractivity contribution < 1.29 is 35.6 Å². The number of aliphatic hydroxyl groups excluding tert-OH is 1. The molecule has 162 valence electrons. The van der Waals surface area contributed by atoms with Gasteiger partial charge in [0, 0.05) is 50.6 Å². The smallest absolute Gasteiger partial charge is 0.200 e. The third kappa shape index (κ3) is 6.07. The summed E-state index contributed by atoms with van der Waals surface area (Å²) in [6.07, 6.45) is 4.70. The van der Waals surface area contributed by atoms with Crippen LogP contribution in [0.4, 0.5) is 0 Å². The fourth-order valence-electron chi connectivity index (χ4n) is 4.07. The summed E-state index contributed by atoms with van der Waals surface area (Å²) in [5.41, 5.74) is 2.36. The summed E-state index contributed by atoms with van der Waals surface area (Å²) in [5.74, 6) is 0.946. The minimum atomic E-state index is -0.531. The molecule has 3 rings (SSSR count). The van der Waals surface area contributed by atoms with E-state index >= 15 is 0 Å². The number of fused-ring (bicyclic) bond motifs is 1. The van der Waals surface area contributed by atoms with Crippen LogP contribution in [0.25, 0.3) is 10.9 Å². The summed E-state index contributed by atoms with van der Waals surface area (Å²) in [6, 6.07) is 6.10. The molecule has 2 aromatic rings. The molecule has 2 N–H and O–H groups in total. The average Bonchev–Trinajstić information content (AvgIpc) is 3.09. The van der Waals surface area contributed by atoms with Crippen molar-refractivity contribution in [3.63, 3.8) is 0 Å². The summed E-state index contributed by atoms with van der Waals surface area (Å²) in [6.45, 7) is 13.7. The molecule has 1 fully saturated rings. The molecule has 0 aliphatic carbocycles. The van der Waals surface area contributed by atoms with Gasteiger partial charge in [-0.2, -0.15) is 0 Å². The Morgan fingerprint density at radius 2 is 1.97 bits per heavy atom. The van der Waals surface area contributed by atoms with E-state index in [0.717, 1.165) is 42.7 Å². The van der Waals surface area contributed by atoms with Crippen LogP contribution in [0, 0.1) is 12.8 Å². The van der Waals surface area contributed by atoms with Crippen LogP contribution in [0.3, 0.4) is 0 Å². The average molecular weight is 483 g/mol. The van der Waals surface area contributed by atoms with Gasteiger partial charge in [-0.25, -0.2) is 0 Å². The van der Waals surface area contributed by atoms with E-state index in [9.17, 15) is 5.11 Å². The number of aromatic nitrogens is 1. The maximum Gasteiger partial charge on any atom is 0.200 e. The molecule has 1 aromatic heterocycles. The summed E-state index contributed by atoms with van der Waals surface area (Å²) in [7, 11) is 0. The molecule has 4 atom stereocenters. The number of H-pyrrole nitrogens is 1. The molecule has 1 aliphatic heterocycles. The van der Waals surface area contributed by atoms with Gasteiger partial charge in [0.1, 0.15) is 5.75 Å². The Balaban J connectivity index is 0.00000300. The number of aliphatic hydroxyl groups is 1. The van der Waals surface area contributed by atoms with Gasteiger partial charge in [0.05, 0.1) is 6.10 Å². The predicted molar refractivity (Wildman–Crippen MR) is 113 cm³/mol. The number of ether oxygens (including phenoxy) is 2. The van der Waals surface area contributed by atoms with E-state index < -0.39 is 18.5 Å². The molecule has 0 saturated carbocycles. The van der Waals surface area contributed by atoms with E-state index in [0.29, 0.717) is 6.42 Å². The molecule has 29 heavy (non-hydrogen) atoms. The molecule has 6 heteroatoms. The number of hydrogen-bond donors (Lipinski definition) is 2. The normalized spacial score (nSPS) is 24.6. The van der Waals surface area contributed by atoms with Gasteiger partial charge in [-0.1, -0.05) is 26.8 Å². The van der Waals surface area contributed by atoms with Crippen LogP contribution in [-0.4, -0.2) is 53.1 Å². The van der Waals surface area contributed by atoms with Crippen LogP contribution in [0.1, 0.15) is 45.6 Å². The second-order valence-corrected chi connectivity index (χ2v) is 8.03. The van der Waals surface area contributed by atoms with E-state index in [1.54, 1.807) is 0 Å². The monoisotopic (exact) mass is 485 g/mol. The Hall–Kier alpha value is -0.872. The van der Waals surface area contributed by atoms with Crippen LogP contribution in [0.2, 0.25) is 0 Å². The largest absolute Gasteiger partial charge is 0.464 e. The van der Waals surface area contributed by atoms with Gasteiger partial charge in [-0.05, 0) is 62.6 Å². The number of nitrogens with zero attached hydrogens (tertiary/aromatic N) is 1. The third-order valence-corrected chi connectivity index (χ3v) is 5.59. The van der Waals surface area contributed by atoms with Crippen molar-refractivity contribution in [2.45, 2.75) is 65.0 Å². The predicted octanol–water partition coefficient (Wildman–Crippen LogP) is 4.15. The maximum atomic E-state index is 9.97. The summed E-state index contributed by atoms with van der Waals surface area (Å²) < 4.78 is 12.1. The zero-order chi connectivity index (χ0) is 20.1. The Kier molecular flexibility index (Phi) is 9.68. The summed E-state index contributed by atoms with van der Waals surface area (Å²) in [5, 5.41) is 11.1. The molecule has 0 spiro atoms. The third-order valence-electron chi connectivity index (χ3n) is 5.59.